The molecule has 7 rings (SSSR count). The highest BCUT2D eigenvalue weighted by Crippen LogP contribution is 2.64. The number of amides is 2. The molecule has 3 aliphatic carbocycles. The van der Waals surface area contributed by atoms with E-state index in [1.54, 1.807) is 18.2 Å². The number of hydrogen-bond acceptors (Lipinski definition) is 6. The number of imide groups is 1. The maximum atomic E-state index is 14.9. The number of carbonyl (C=O) groups excluding carboxylic acids is 4. The molecule has 6 atom stereocenters. The van der Waals surface area contributed by atoms with Crippen LogP contribution in [0.2, 0.25) is 0 Å². The van der Waals surface area contributed by atoms with Crippen molar-refractivity contribution in [2.45, 2.75) is 24.2 Å². The van der Waals surface area contributed by atoms with E-state index in [2.05, 4.69) is 0 Å². The minimum absolute atomic E-state index is 0.114. The van der Waals surface area contributed by atoms with Crippen LogP contribution in [0.15, 0.2) is 96.6 Å². The minimum Gasteiger partial charge on any atom is -0.504 e. The number of nitrogens with zero attached hydrogens (tertiary/aromatic N) is 1. The second-order valence-corrected chi connectivity index (χ2v) is 11.9. The molecule has 7 nitrogen and oxygen atoms in total. The summed E-state index contributed by atoms with van der Waals surface area (Å²) < 4.78 is 5.49. The monoisotopic (exact) mass is 573 g/mol. The molecule has 1 saturated carbocycles. The van der Waals surface area contributed by atoms with Crippen LogP contribution in [-0.2, 0) is 24.6 Å². The van der Waals surface area contributed by atoms with Gasteiger partial charge >= 0.3 is 0 Å². The van der Waals surface area contributed by atoms with Crippen LogP contribution in [0.4, 0.5) is 0 Å². The van der Waals surface area contributed by atoms with Crippen LogP contribution in [-0.4, -0.2) is 47.5 Å². The van der Waals surface area contributed by atoms with Crippen LogP contribution in [0.1, 0.15) is 35.4 Å². The third kappa shape index (κ3) is 3.67. The fourth-order valence-corrected chi connectivity index (χ4v) is 8.31. The highest BCUT2D eigenvalue weighted by atomic mass is 16.5. The minimum atomic E-state index is -1.40. The quantitative estimate of drug-likeness (QED) is 0.354. The van der Waals surface area contributed by atoms with E-state index < -0.39 is 35.0 Å². The number of para-hydroxylation sites is 1. The van der Waals surface area contributed by atoms with Crippen molar-refractivity contribution in [1.29, 1.82) is 0 Å². The molecule has 2 fully saturated rings. The zero-order valence-electron chi connectivity index (χ0n) is 23.9. The number of hydrogen-bond donors (Lipinski definition) is 1. The number of benzene rings is 3. The average Bonchev–Trinajstić information content (AvgIpc) is 3.26. The van der Waals surface area contributed by atoms with Crippen LogP contribution >= 0.6 is 0 Å². The van der Waals surface area contributed by atoms with E-state index in [1.165, 1.54) is 25.1 Å². The van der Waals surface area contributed by atoms with Crippen LogP contribution in [0, 0.1) is 23.7 Å². The Bertz CT molecular complexity index is 1740. The van der Waals surface area contributed by atoms with Gasteiger partial charge in [0.25, 0.3) is 0 Å². The lowest BCUT2D eigenvalue weighted by Crippen LogP contribution is -2.58. The number of rotatable bonds is 4. The molecule has 1 heterocycles. The third-order valence-electron chi connectivity index (χ3n) is 10.2. The molecule has 216 valence electrons. The van der Waals surface area contributed by atoms with Crippen molar-refractivity contribution in [3.05, 3.63) is 113 Å². The Hall–Kier alpha value is -4.78. The summed E-state index contributed by atoms with van der Waals surface area (Å²) >= 11 is 0. The summed E-state index contributed by atoms with van der Waals surface area (Å²) in [5.74, 6) is -4.04. The number of likely N-dealkylation sites (tertiary alicyclic amines) is 1. The van der Waals surface area contributed by atoms with Gasteiger partial charge in [-0.15, -0.1) is 0 Å². The topological polar surface area (TPSA) is 101 Å². The third-order valence-corrected chi connectivity index (χ3v) is 10.2. The number of fused-ring (bicyclic) bond motifs is 4. The first-order chi connectivity index (χ1) is 20.8. The summed E-state index contributed by atoms with van der Waals surface area (Å²) in [6.45, 7) is 0. The molecule has 0 spiro atoms. The fourth-order valence-electron chi connectivity index (χ4n) is 8.31. The summed E-state index contributed by atoms with van der Waals surface area (Å²) in [5, 5.41) is 11.6. The lowest BCUT2D eigenvalue weighted by molar-refractivity contribution is -0.139. The SMILES string of the molecule is COc1cccc(C2C3=CCC4C(=O)N(C)C(=O)C4C3CC3C(=O)C(c4ccccc4)=CC(=O)C32c2ccccc2)c1O. The zero-order chi connectivity index (χ0) is 30.0. The van der Waals surface area contributed by atoms with Crippen molar-refractivity contribution in [1.82, 2.24) is 4.90 Å². The molecule has 2 amide bonds. The van der Waals surface area contributed by atoms with Gasteiger partial charge in [0.15, 0.2) is 23.1 Å². The second-order valence-electron chi connectivity index (χ2n) is 11.9. The van der Waals surface area contributed by atoms with E-state index in [4.69, 9.17) is 4.74 Å². The van der Waals surface area contributed by atoms with Gasteiger partial charge in [-0.05, 0) is 42.0 Å². The first-order valence-corrected chi connectivity index (χ1v) is 14.6. The predicted octanol–water partition coefficient (Wildman–Crippen LogP) is 4.86. The van der Waals surface area contributed by atoms with Gasteiger partial charge in [0.05, 0.1) is 24.4 Å². The molecule has 1 saturated heterocycles. The second kappa shape index (κ2) is 9.90. The highest BCUT2D eigenvalue weighted by Gasteiger charge is 2.66. The van der Waals surface area contributed by atoms with E-state index in [-0.39, 0.29) is 41.3 Å². The maximum Gasteiger partial charge on any atom is 0.233 e. The zero-order valence-corrected chi connectivity index (χ0v) is 23.9. The lowest BCUT2D eigenvalue weighted by Gasteiger charge is -2.55. The lowest BCUT2D eigenvalue weighted by atomic mass is 9.44. The molecule has 3 aromatic rings. The molecule has 7 heteroatoms. The Morgan fingerprint density at radius 3 is 2.26 bits per heavy atom. The average molecular weight is 574 g/mol. The van der Waals surface area contributed by atoms with E-state index in [9.17, 15) is 24.3 Å². The van der Waals surface area contributed by atoms with Gasteiger partial charge in [0.2, 0.25) is 11.8 Å². The number of Topliss-reactive ketones (excluding diaryl/α,β-unsaturated/α-hetero) is 1. The highest BCUT2D eigenvalue weighted by molar-refractivity contribution is 6.31. The van der Waals surface area contributed by atoms with Gasteiger partial charge in [-0.3, -0.25) is 24.1 Å². The van der Waals surface area contributed by atoms with Crippen LogP contribution in [0.3, 0.4) is 0 Å². The van der Waals surface area contributed by atoms with E-state index in [1.807, 2.05) is 66.7 Å². The fraction of sp³-hybridized carbons (Fsp3) is 0.278. The van der Waals surface area contributed by atoms with Crippen molar-refractivity contribution in [2.75, 3.05) is 14.2 Å². The van der Waals surface area contributed by atoms with Gasteiger partial charge < -0.3 is 9.84 Å². The number of carbonyl (C=O) groups is 4. The number of ketones is 2. The Labute approximate surface area is 249 Å². The van der Waals surface area contributed by atoms with Gasteiger partial charge in [0.1, 0.15) is 0 Å². The normalized spacial score (nSPS) is 29.8. The molecule has 0 aromatic heterocycles. The van der Waals surface area contributed by atoms with Crippen molar-refractivity contribution in [2.24, 2.45) is 23.7 Å². The summed E-state index contributed by atoms with van der Waals surface area (Å²) in [6, 6.07) is 23.6. The Morgan fingerprint density at radius 2 is 1.56 bits per heavy atom. The summed E-state index contributed by atoms with van der Waals surface area (Å²) in [6.07, 6.45) is 4.02. The number of methoxy groups -OCH3 is 1. The largest absolute Gasteiger partial charge is 0.504 e. The number of phenols is 1. The molecule has 4 aliphatic rings. The van der Waals surface area contributed by atoms with E-state index in [0.29, 0.717) is 28.7 Å². The standard InChI is InChI=1S/C36H31NO6/c1-37-34(41)23-17-16-22-26(30(23)35(37)42)18-27-32(39)25(20-10-5-3-6-11-20)19-29(38)36(27,21-12-7-4-8-13-21)31(22)24-14-9-15-28(43-2)33(24)40/h3-16,19,23,26-27,30-31,40H,17-18H2,1-2H3. The molecule has 1 aliphatic heterocycles. The van der Waals surface area contributed by atoms with Crippen LogP contribution < -0.4 is 4.74 Å². The first kappa shape index (κ1) is 27.1. The maximum absolute atomic E-state index is 14.9. The van der Waals surface area contributed by atoms with Crippen molar-refractivity contribution < 1.29 is 29.0 Å². The van der Waals surface area contributed by atoms with Gasteiger partial charge in [-0.1, -0.05) is 84.4 Å². The number of ether oxygens (including phenoxy) is 1. The van der Waals surface area contributed by atoms with Crippen molar-refractivity contribution in [3.63, 3.8) is 0 Å². The Kier molecular flexibility index (Phi) is 6.24. The van der Waals surface area contributed by atoms with Gasteiger partial charge in [-0.25, -0.2) is 0 Å². The number of phenolic OH excluding ortho intramolecular Hbond substituents is 1. The molecule has 0 bridgehead atoms. The Balaban J connectivity index is 1.55. The summed E-state index contributed by atoms with van der Waals surface area (Å²) in [7, 11) is 2.97. The summed E-state index contributed by atoms with van der Waals surface area (Å²) in [4.78, 5) is 57.6. The van der Waals surface area contributed by atoms with Crippen molar-refractivity contribution >= 4 is 29.0 Å². The molecule has 43 heavy (non-hydrogen) atoms. The smallest absolute Gasteiger partial charge is 0.233 e. The molecule has 6 unspecified atom stereocenters. The van der Waals surface area contributed by atoms with Crippen LogP contribution in [0.5, 0.6) is 11.5 Å². The molecular weight excluding hydrogens is 542 g/mol. The number of aromatic hydroxyl groups is 1. The van der Waals surface area contributed by atoms with E-state index >= 15 is 0 Å². The summed E-state index contributed by atoms with van der Waals surface area (Å²) in [5.41, 5.74) is 1.51. The predicted molar refractivity (Wildman–Crippen MR) is 159 cm³/mol. The number of allylic oxidation sites excluding steroid dienone is 4. The molecule has 3 aromatic carbocycles. The van der Waals surface area contributed by atoms with Gasteiger partial charge in [0, 0.05) is 30.0 Å². The molecule has 0 radical (unpaired) electrons. The van der Waals surface area contributed by atoms with Crippen LogP contribution in [0.25, 0.3) is 5.57 Å². The molecular formula is C36H31NO6. The molecule has 1 N–H and O–H groups in total. The Morgan fingerprint density at radius 1 is 0.860 bits per heavy atom. The first-order valence-electron chi connectivity index (χ1n) is 14.6. The van der Waals surface area contributed by atoms with Gasteiger partial charge in [-0.2, -0.15) is 0 Å². The van der Waals surface area contributed by atoms with E-state index in [0.717, 1.165) is 5.57 Å². The van der Waals surface area contributed by atoms with Crippen molar-refractivity contribution in [3.8, 4) is 11.5 Å².